The molecule has 0 aromatic heterocycles. The van der Waals surface area contributed by atoms with Gasteiger partial charge < -0.3 is 14.2 Å². The summed E-state index contributed by atoms with van der Waals surface area (Å²) in [4.78, 5) is 2.45. The molecule has 3 aromatic rings. The van der Waals surface area contributed by atoms with Gasteiger partial charge in [0.25, 0.3) is 0 Å². The molecule has 0 spiro atoms. The zero-order valence-electron chi connectivity index (χ0n) is 17.7. The summed E-state index contributed by atoms with van der Waals surface area (Å²) in [5.74, 6) is 0. The lowest BCUT2D eigenvalue weighted by atomic mass is 10.0. The first-order chi connectivity index (χ1) is 14.8. The van der Waals surface area contributed by atoms with Crippen molar-refractivity contribution < 1.29 is 14.2 Å². The van der Waals surface area contributed by atoms with Crippen molar-refractivity contribution in [2.24, 2.45) is 0 Å². The Balaban J connectivity index is 1.48. The zero-order chi connectivity index (χ0) is 20.6. The first kappa shape index (κ1) is 21.0. The third kappa shape index (κ3) is 5.46. The summed E-state index contributed by atoms with van der Waals surface area (Å²) in [6.07, 6.45) is -0.0830. The molecule has 30 heavy (non-hydrogen) atoms. The molecule has 1 fully saturated rings. The van der Waals surface area contributed by atoms with Gasteiger partial charge in [0.05, 0.1) is 25.9 Å². The average Bonchev–Trinajstić information content (AvgIpc) is 2.99. The molecule has 0 radical (unpaired) electrons. The van der Waals surface area contributed by atoms with Crippen LogP contribution < -0.4 is 0 Å². The van der Waals surface area contributed by atoms with Gasteiger partial charge in [-0.3, -0.25) is 4.90 Å². The molecule has 1 aliphatic rings. The number of rotatable bonds is 8. The quantitative estimate of drug-likeness (QED) is 0.545. The molecule has 4 heteroatoms. The predicted octanol–water partition coefficient (Wildman–Crippen LogP) is 4.66. The molecule has 158 valence electrons. The van der Waals surface area contributed by atoms with Gasteiger partial charge in [0.2, 0.25) is 0 Å². The van der Waals surface area contributed by atoms with Gasteiger partial charge in [-0.05, 0) is 28.8 Å². The molecular formula is C26H31NO3. The third-order valence-corrected chi connectivity index (χ3v) is 5.66. The first-order valence-corrected chi connectivity index (χ1v) is 10.9. The van der Waals surface area contributed by atoms with E-state index in [-0.39, 0.29) is 12.2 Å². The van der Waals surface area contributed by atoms with Crippen LogP contribution in [0.25, 0.3) is 10.8 Å². The van der Waals surface area contributed by atoms with Crippen LogP contribution >= 0.6 is 0 Å². The molecule has 0 N–H and O–H groups in total. The SMILES string of the molecule is CCOC[C@H]1OCCN(Cc2cccc3ccccc23)C[C@@H]1OCc1ccccc1. The van der Waals surface area contributed by atoms with E-state index in [9.17, 15) is 0 Å². The van der Waals surface area contributed by atoms with E-state index in [0.29, 0.717) is 26.4 Å². The Morgan fingerprint density at radius 3 is 2.63 bits per heavy atom. The van der Waals surface area contributed by atoms with Crippen molar-refractivity contribution in [3.8, 4) is 0 Å². The molecule has 4 nitrogen and oxygen atoms in total. The molecular weight excluding hydrogens is 374 g/mol. The Morgan fingerprint density at radius 2 is 1.77 bits per heavy atom. The maximum atomic E-state index is 6.37. The van der Waals surface area contributed by atoms with Crippen LogP contribution in [0.4, 0.5) is 0 Å². The summed E-state index contributed by atoms with van der Waals surface area (Å²) in [6.45, 7) is 7.14. The molecule has 1 saturated heterocycles. The highest BCUT2D eigenvalue weighted by molar-refractivity contribution is 5.85. The van der Waals surface area contributed by atoms with Crippen LogP contribution in [-0.2, 0) is 27.4 Å². The van der Waals surface area contributed by atoms with Crippen molar-refractivity contribution in [1.29, 1.82) is 0 Å². The van der Waals surface area contributed by atoms with Crippen LogP contribution in [0, 0.1) is 0 Å². The smallest absolute Gasteiger partial charge is 0.108 e. The van der Waals surface area contributed by atoms with Gasteiger partial charge in [-0.2, -0.15) is 0 Å². The highest BCUT2D eigenvalue weighted by Crippen LogP contribution is 2.22. The van der Waals surface area contributed by atoms with E-state index in [1.807, 2.05) is 25.1 Å². The standard InChI is InChI=1S/C26H31NO3/c1-2-28-20-26-25(30-19-21-9-4-3-5-10-21)18-27(15-16-29-26)17-23-13-8-12-22-11-6-7-14-24(22)23/h3-14,25-26H,2,15-20H2,1H3/t25-,26+/m0/s1. The van der Waals surface area contributed by atoms with Gasteiger partial charge >= 0.3 is 0 Å². The van der Waals surface area contributed by atoms with Crippen LogP contribution in [0.1, 0.15) is 18.1 Å². The minimum Gasteiger partial charge on any atom is -0.379 e. The molecule has 0 amide bonds. The van der Waals surface area contributed by atoms with Gasteiger partial charge in [0, 0.05) is 26.2 Å². The van der Waals surface area contributed by atoms with Crippen molar-refractivity contribution in [3.05, 3.63) is 83.9 Å². The Morgan fingerprint density at radius 1 is 0.967 bits per heavy atom. The Kier molecular flexibility index (Phi) is 7.49. The molecule has 0 unspecified atom stereocenters. The topological polar surface area (TPSA) is 30.9 Å². The van der Waals surface area contributed by atoms with Crippen LogP contribution in [0.2, 0.25) is 0 Å². The number of nitrogens with zero attached hydrogens (tertiary/aromatic N) is 1. The summed E-state index contributed by atoms with van der Waals surface area (Å²) in [5.41, 5.74) is 2.52. The lowest BCUT2D eigenvalue weighted by Gasteiger charge is -2.28. The molecule has 3 aromatic carbocycles. The summed E-state index contributed by atoms with van der Waals surface area (Å²) in [6, 6.07) is 25.5. The van der Waals surface area contributed by atoms with Gasteiger partial charge in [0.15, 0.2) is 0 Å². The fourth-order valence-corrected chi connectivity index (χ4v) is 4.05. The number of hydrogen-bond acceptors (Lipinski definition) is 4. The Hall–Kier alpha value is -2.24. The fourth-order valence-electron chi connectivity index (χ4n) is 4.05. The normalized spacial score (nSPS) is 20.3. The van der Waals surface area contributed by atoms with E-state index in [1.165, 1.54) is 21.9 Å². The predicted molar refractivity (Wildman–Crippen MR) is 120 cm³/mol. The van der Waals surface area contributed by atoms with E-state index in [0.717, 1.165) is 19.6 Å². The maximum Gasteiger partial charge on any atom is 0.108 e. The monoisotopic (exact) mass is 405 g/mol. The fraction of sp³-hybridized carbons (Fsp3) is 0.385. The largest absolute Gasteiger partial charge is 0.379 e. The second kappa shape index (κ2) is 10.7. The first-order valence-electron chi connectivity index (χ1n) is 10.9. The zero-order valence-corrected chi connectivity index (χ0v) is 17.7. The number of ether oxygens (including phenoxy) is 3. The van der Waals surface area contributed by atoms with Gasteiger partial charge in [-0.1, -0.05) is 72.8 Å². The molecule has 4 rings (SSSR count). The summed E-state index contributed by atoms with van der Waals surface area (Å²) in [5, 5.41) is 2.60. The second-order valence-electron chi connectivity index (χ2n) is 7.78. The van der Waals surface area contributed by atoms with Crippen molar-refractivity contribution in [3.63, 3.8) is 0 Å². The summed E-state index contributed by atoms with van der Waals surface area (Å²) >= 11 is 0. The molecule has 1 heterocycles. The molecule has 0 aliphatic carbocycles. The number of benzene rings is 3. The molecule has 0 bridgehead atoms. The highest BCUT2D eigenvalue weighted by Gasteiger charge is 2.29. The van der Waals surface area contributed by atoms with Crippen LogP contribution in [0.5, 0.6) is 0 Å². The van der Waals surface area contributed by atoms with Gasteiger partial charge in [0.1, 0.15) is 6.10 Å². The van der Waals surface area contributed by atoms with Gasteiger partial charge in [-0.25, -0.2) is 0 Å². The number of fused-ring (bicyclic) bond motifs is 1. The van der Waals surface area contributed by atoms with E-state index in [4.69, 9.17) is 14.2 Å². The second-order valence-corrected chi connectivity index (χ2v) is 7.78. The average molecular weight is 406 g/mol. The molecule has 0 saturated carbocycles. The minimum absolute atomic E-state index is 0.0331. The summed E-state index contributed by atoms with van der Waals surface area (Å²) in [7, 11) is 0. The van der Waals surface area contributed by atoms with Crippen LogP contribution in [-0.4, -0.2) is 50.0 Å². The molecule has 2 atom stereocenters. The van der Waals surface area contributed by atoms with E-state index in [1.54, 1.807) is 0 Å². The minimum atomic E-state index is -0.0498. The number of hydrogen-bond donors (Lipinski definition) is 0. The van der Waals surface area contributed by atoms with E-state index >= 15 is 0 Å². The van der Waals surface area contributed by atoms with Crippen LogP contribution in [0.15, 0.2) is 72.8 Å². The molecule has 1 aliphatic heterocycles. The lowest BCUT2D eigenvalue weighted by molar-refractivity contribution is -0.0968. The third-order valence-electron chi connectivity index (χ3n) is 5.66. The van der Waals surface area contributed by atoms with E-state index in [2.05, 4.69) is 59.5 Å². The van der Waals surface area contributed by atoms with Crippen molar-refractivity contribution in [2.75, 3.05) is 32.9 Å². The van der Waals surface area contributed by atoms with Crippen LogP contribution in [0.3, 0.4) is 0 Å². The Bertz CT molecular complexity index is 909. The summed E-state index contributed by atoms with van der Waals surface area (Å²) < 4.78 is 18.2. The van der Waals surface area contributed by atoms with Crippen molar-refractivity contribution in [1.82, 2.24) is 4.90 Å². The lowest BCUT2D eigenvalue weighted by Crippen LogP contribution is -2.40. The van der Waals surface area contributed by atoms with Gasteiger partial charge in [-0.15, -0.1) is 0 Å². The highest BCUT2D eigenvalue weighted by atomic mass is 16.6. The Labute approximate surface area is 179 Å². The van der Waals surface area contributed by atoms with Crippen molar-refractivity contribution in [2.45, 2.75) is 32.3 Å². The van der Waals surface area contributed by atoms with Crippen molar-refractivity contribution >= 4 is 10.8 Å². The maximum absolute atomic E-state index is 6.37. The van der Waals surface area contributed by atoms with E-state index < -0.39 is 0 Å².